The van der Waals surface area contributed by atoms with Gasteiger partial charge in [0.1, 0.15) is 0 Å². The molecule has 128 valence electrons. The van der Waals surface area contributed by atoms with Crippen molar-refractivity contribution in [3.05, 3.63) is 66.0 Å². The second kappa shape index (κ2) is 6.03. The smallest absolute Gasteiger partial charge is 0.279 e. The third-order valence-corrected chi connectivity index (χ3v) is 5.35. The summed E-state index contributed by atoms with van der Waals surface area (Å²) in [6.07, 6.45) is 2.11. The second-order valence-corrected chi connectivity index (χ2v) is 7.32. The van der Waals surface area contributed by atoms with E-state index in [0.717, 1.165) is 34.4 Å². The Morgan fingerprint density at radius 2 is 1.85 bits per heavy atom. The SMILES string of the molecule is O=C(Nc1nc2ccccc2s1)c1nnn(-c2ccccc2)c1C1CC1. The summed E-state index contributed by atoms with van der Waals surface area (Å²) in [5.74, 6) is 0.0782. The average Bonchev–Trinajstić information content (AvgIpc) is 3.27. The lowest BCUT2D eigenvalue weighted by Crippen LogP contribution is -2.15. The minimum Gasteiger partial charge on any atom is -0.296 e. The molecule has 2 aromatic carbocycles. The number of para-hydroxylation sites is 2. The maximum Gasteiger partial charge on any atom is 0.279 e. The van der Waals surface area contributed by atoms with E-state index in [1.807, 2.05) is 54.6 Å². The summed E-state index contributed by atoms with van der Waals surface area (Å²) in [7, 11) is 0. The van der Waals surface area contributed by atoms with E-state index in [4.69, 9.17) is 0 Å². The van der Waals surface area contributed by atoms with Gasteiger partial charge in [-0.25, -0.2) is 9.67 Å². The molecule has 6 nitrogen and oxygen atoms in total. The number of carbonyl (C=O) groups excluding carboxylic acids is 1. The quantitative estimate of drug-likeness (QED) is 0.596. The average molecular weight is 361 g/mol. The minimum atomic E-state index is -0.256. The molecule has 1 N–H and O–H groups in total. The molecule has 0 spiro atoms. The first kappa shape index (κ1) is 15.2. The topological polar surface area (TPSA) is 72.7 Å². The molecule has 0 radical (unpaired) electrons. The van der Waals surface area contributed by atoms with Crippen molar-refractivity contribution in [2.24, 2.45) is 0 Å². The number of rotatable bonds is 4. The Hall–Kier alpha value is -3.06. The lowest BCUT2D eigenvalue weighted by Gasteiger charge is -2.06. The van der Waals surface area contributed by atoms with E-state index in [-0.39, 0.29) is 5.91 Å². The predicted octanol–water partition coefficient (Wildman–Crippen LogP) is 4.01. The van der Waals surface area contributed by atoms with Crippen LogP contribution < -0.4 is 5.32 Å². The van der Waals surface area contributed by atoms with E-state index in [2.05, 4.69) is 20.6 Å². The van der Waals surface area contributed by atoms with Crippen LogP contribution in [0.1, 0.15) is 34.9 Å². The Bertz CT molecular complexity index is 1060. The molecule has 1 saturated carbocycles. The van der Waals surface area contributed by atoms with E-state index in [9.17, 15) is 4.79 Å². The van der Waals surface area contributed by atoms with Gasteiger partial charge in [-0.3, -0.25) is 10.1 Å². The van der Waals surface area contributed by atoms with Gasteiger partial charge in [-0.15, -0.1) is 5.10 Å². The molecule has 0 aliphatic heterocycles. The van der Waals surface area contributed by atoms with Gasteiger partial charge in [0.15, 0.2) is 10.8 Å². The van der Waals surface area contributed by atoms with E-state index in [1.165, 1.54) is 11.3 Å². The number of thiazole rings is 1. The van der Waals surface area contributed by atoms with Crippen molar-refractivity contribution in [3.63, 3.8) is 0 Å². The highest BCUT2D eigenvalue weighted by molar-refractivity contribution is 7.22. The molecule has 0 unspecified atom stereocenters. The Balaban J connectivity index is 1.49. The van der Waals surface area contributed by atoms with Crippen LogP contribution in [0.4, 0.5) is 5.13 Å². The summed E-state index contributed by atoms with van der Waals surface area (Å²) in [6.45, 7) is 0. The fraction of sp³-hybridized carbons (Fsp3) is 0.158. The van der Waals surface area contributed by atoms with Crippen LogP contribution in [0.3, 0.4) is 0 Å². The van der Waals surface area contributed by atoms with E-state index < -0.39 is 0 Å². The van der Waals surface area contributed by atoms with Crippen molar-refractivity contribution in [3.8, 4) is 5.69 Å². The van der Waals surface area contributed by atoms with Crippen molar-refractivity contribution in [2.75, 3.05) is 5.32 Å². The van der Waals surface area contributed by atoms with Crippen LogP contribution in [0.25, 0.3) is 15.9 Å². The number of benzene rings is 2. The first-order valence-electron chi connectivity index (χ1n) is 8.47. The summed E-state index contributed by atoms with van der Waals surface area (Å²) < 4.78 is 2.82. The zero-order chi connectivity index (χ0) is 17.5. The van der Waals surface area contributed by atoms with Crippen LogP contribution in [0.5, 0.6) is 0 Å². The molecule has 1 aliphatic rings. The van der Waals surface area contributed by atoms with Gasteiger partial charge in [0.2, 0.25) is 0 Å². The molecule has 0 atom stereocenters. The number of anilines is 1. The number of nitrogens with one attached hydrogen (secondary N) is 1. The summed E-state index contributed by atoms with van der Waals surface area (Å²) in [6, 6.07) is 17.6. The van der Waals surface area contributed by atoms with Crippen molar-refractivity contribution in [2.45, 2.75) is 18.8 Å². The Morgan fingerprint density at radius 3 is 2.62 bits per heavy atom. The summed E-state index contributed by atoms with van der Waals surface area (Å²) >= 11 is 1.46. The number of amides is 1. The number of carbonyl (C=O) groups is 1. The molecule has 5 rings (SSSR count). The maximum absolute atomic E-state index is 12.8. The molecule has 0 saturated heterocycles. The molecule has 4 aromatic rings. The zero-order valence-electron chi connectivity index (χ0n) is 13.8. The van der Waals surface area contributed by atoms with E-state index in [0.29, 0.717) is 16.7 Å². The van der Waals surface area contributed by atoms with Crippen LogP contribution in [0, 0.1) is 0 Å². The lowest BCUT2D eigenvalue weighted by atomic mass is 10.2. The number of aromatic nitrogens is 4. The maximum atomic E-state index is 12.8. The van der Waals surface area contributed by atoms with Crippen LogP contribution in [-0.4, -0.2) is 25.9 Å². The molecule has 0 bridgehead atoms. The molecule has 1 fully saturated rings. The van der Waals surface area contributed by atoms with Gasteiger partial charge < -0.3 is 0 Å². The highest BCUT2D eigenvalue weighted by Crippen LogP contribution is 2.42. The normalized spacial score (nSPS) is 13.8. The summed E-state index contributed by atoms with van der Waals surface area (Å²) in [5, 5.41) is 11.9. The first-order valence-corrected chi connectivity index (χ1v) is 9.29. The van der Waals surface area contributed by atoms with Crippen LogP contribution >= 0.6 is 11.3 Å². The molecule has 2 heterocycles. The molecule has 7 heteroatoms. The van der Waals surface area contributed by atoms with Crippen LogP contribution in [0.2, 0.25) is 0 Å². The number of fused-ring (bicyclic) bond motifs is 1. The molecule has 1 aliphatic carbocycles. The third-order valence-electron chi connectivity index (χ3n) is 4.40. The standard InChI is InChI=1S/C19H15N5OS/c25-18(21-19-20-14-8-4-5-9-15(14)26-19)16-17(12-10-11-12)24(23-22-16)13-6-2-1-3-7-13/h1-9,12H,10-11H2,(H,20,21,25). The van der Waals surface area contributed by atoms with Gasteiger partial charge in [-0.1, -0.05) is 46.9 Å². The first-order chi connectivity index (χ1) is 12.8. The predicted molar refractivity (Wildman–Crippen MR) is 101 cm³/mol. The summed E-state index contributed by atoms with van der Waals surface area (Å²) in [4.78, 5) is 17.3. The van der Waals surface area contributed by atoms with Crippen molar-refractivity contribution >= 4 is 32.6 Å². The van der Waals surface area contributed by atoms with Crippen molar-refractivity contribution < 1.29 is 4.79 Å². The molecule has 1 amide bonds. The van der Waals surface area contributed by atoms with Gasteiger partial charge in [0.05, 0.1) is 21.6 Å². The van der Waals surface area contributed by atoms with Gasteiger partial charge in [-0.2, -0.15) is 0 Å². The Labute approximate surface area is 153 Å². The van der Waals surface area contributed by atoms with E-state index in [1.54, 1.807) is 4.68 Å². The molecule has 2 aromatic heterocycles. The number of hydrogen-bond donors (Lipinski definition) is 1. The van der Waals surface area contributed by atoms with Gasteiger partial charge >= 0.3 is 0 Å². The number of nitrogens with zero attached hydrogens (tertiary/aromatic N) is 4. The van der Waals surface area contributed by atoms with Crippen LogP contribution in [0.15, 0.2) is 54.6 Å². The summed E-state index contributed by atoms with van der Waals surface area (Å²) in [5.41, 5.74) is 3.06. The van der Waals surface area contributed by atoms with Gasteiger partial charge in [-0.05, 0) is 37.1 Å². The van der Waals surface area contributed by atoms with Crippen molar-refractivity contribution in [1.82, 2.24) is 20.0 Å². The van der Waals surface area contributed by atoms with Crippen LogP contribution in [-0.2, 0) is 0 Å². The highest BCUT2D eigenvalue weighted by Gasteiger charge is 2.34. The Kier molecular flexibility index (Phi) is 3.53. The largest absolute Gasteiger partial charge is 0.296 e. The lowest BCUT2D eigenvalue weighted by molar-refractivity contribution is 0.102. The fourth-order valence-corrected chi connectivity index (χ4v) is 3.88. The molecular formula is C19H15N5OS. The Morgan fingerprint density at radius 1 is 1.08 bits per heavy atom. The third kappa shape index (κ3) is 2.66. The monoisotopic (exact) mass is 361 g/mol. The molecular weight excluding hydrogens is 346 g/mol. The zero-order valence-corrected chi connectivity index (χ0v) is 14.6. The molecule has 26 heavy (non-hydrogen) atoms. The van der Waals surface area contributed by atoms with Gasteiger partial charge in [0, 0.05) is 5.92 Å². The van der Waals surface area contributed by atoms with Gasteiger partial charge in [0.25, 0.3) is 5.91 Å². The second-order valence-electron chi connectivity index (χ2n) is 6.29. The number of hydrogen-bond acceptors (Lipinski definition) is 5. The fourth-order valence-electron chi connectivity index (χ4n) is 3.02. The van der Waals surface area contributed by atoms with E-state index >= 15 is 0 Å². The minimum absolute atomic E-state index is 0.256. The van der Waals surface area contributed by atoms with Crippen molar-refractivity contribution in [1.29, 1.82) is 0 Å². The highest BCUT2D eigenvalue weighted by atomic mass is 32.1.